The number of carbonyl (C=O) groups is 1. The molecule has 3 aromatic rings. The molecule has 2 aromatic heterocycles. The van der Waals surface area contributed by atoms with E-state index in [1.54, 1.807) is 25.1 Å². The van der Waals surface area contributed by atoms with E-state index >= 15 is 0 Å². The number of aromatic nitrogens is 3. The Labute approximate surface area is 176 Å². The molecule has 0 saturated heterocycles. The van der Waals surface area contributed by atoms with Crippen LogP contribution in [0.15, 0.2) is 42.6 Å². The third-order valence-corrected chi connectivity index (χ3v) is 4.64. The van der Waals surface area contributed by atoms with Crippen LogP contribution in [-0.2, 0) is 13.0 Å². The number of carbonyl (C=O) groups excluding carboxylic acids is 1. The molecule has 0 aliphatic carbocycles. The van der Waals surface area contributed by atoms with Gasteiger partial charge in [0.25, 0.3) is 0 Å². The van der Waals surface area contributed by atoms with Gasteiger partial charge in [-0.05, 0) is 55.7 Å². The van der Waals surface area contributed by atoms with Crippen molar-refractivity contribution in [2.24, 2.45) is 0 Å². The molecule has 158 valence electrons. The van der Waals surface area contributed by atoms with Gasteiger partial charge >= 0.3 is 6.03 Å². The molecule has 8 nitrogen and oxygen atoms in total. The average molecular weight is 409 g/mol. The van der Waals surface area contributed by atoms with Crippen molar-refractivity contribution < 1.29 is 14.3 Å². The zero-order valence-corrected chi connectivity index (χ0v) is 17.7. The van der Waals surface area contributed by atoms with Gasteiger partial charge in [-0.1, -0.05) is 12.1 Å². The lowest BCUT2D eigenvalue weighted by molar-refractivity contribution is 0.240. The summed E-state index contributed by atoms with van der Waals surface area (Å²) in [4.78, 5) is 16.5. The van der Waals surface area contributed by atoms with E-state index < -0.39 is 0 Å². The van der Waals surface area contributed by atoms with E-state index in [1.165, 1.54) is 0 Å². The number of amides is 2. The zero-order valence-electron chi connectivity index (χ0n) is 17.7. The summed E-state index contributed by atoms with van der Waals surface area (Å²) >= 11 is 0. The number of aryl methyl sites for hydroxylation is 2. The van der Waals surface area contributed by atoms with Crippen LogP contribution in [-0.4, -0.2) is 41.6 Å². The summed E-state index contributed by atoms with van der Waals surface area (Å²) in [6.07, 6.45) is 2.43. The Hall–Kier alpha value is -3.55. The van der Waals surface area contributed by atoms with Gasteiger partial charge in [0.2, 0.25) is 0 Å². The molecule has 0 spiro atoms. The molecule has 0 atom stereocenters. The van der Waals surface area contributed by atoms with Crippen molar-refractivity contribution >= 4 is 6.03 Å². The van der Waals surface area contributed by atoms with E-state index in [0.29, 0.717) is 31.0 Å². The summed E-state index contributed by atoms with van der Waals surface area (Å²) < 4.78 is 12.3. The van der Waals surface area contributed by atoms with E-state index in [0.717, 1.165) is 28.3 Å². The Kier molecular flexibility index (Phi) is 6.90. The van der Waals surface area contributed by atoms with Crippen LogP contribution in [0.2, 0.25) is 0 Å². The second kappa shape index (κ2) is 9.78. The number of urea groups is 1. The van der Waals surface area contributed by atoms with Crippen LogP contribution < -0.4 is 20.1 Å². The van der Waals surface area contributed by atoms with Gasteiger partial charge in [0, 0.05) is 25.0 Å². The number of benzene rings is 1. The highest BCUT2D eigenvalue weighted by Gasteiger charge is 2.07. The summed E-state index contributed by atoms with van der Waals surface area (Å²) in [6.45, 7) is 4.85. The monoisotopic (exact) mass is 409 g/mol. The lowest BCUT2D eigenvalue weighted by atomic mass is 10.1. The molecule has 0 aliphatic heterocycles. The van der Waals surface area contributed by atoms with E-state index in [2.05, 4.69) is 20.7 Å². The van der Waals surface area contributed by atoms with Crippen molar-refractivity contribution in [2.45, 2.75) is 26.8 Å². The topological polar surface area (TPSA) is 90.3 Å². The number of hydrogen-bond acceptors (Lipinski definition) is 5. The molecule has 2 N–H and O–H groups in total. The predicted molar refractivity (Wildman–Crippen MR) is 114 cm³/mol. The van der Waals surface area contributed by atoms with Crippen LogP contribution in [0, 0.1) is 13.8 Å². The van der Waals surface area contributed by atoms with E-state index in [9.17, 15) is 4.79 Å². The van der Waals surface area contributed by atoms with Crippen molar-refractivity contribution in [3.63, 3.8) is 0 Å². The lowest BCUT2D eigenvalue weighted by Crippen LogP contribution is -2.36. The van der Waals surface area contributed by atoms with Crippen LogP contribution in [0.5, 0.6) is 11.5 Å². The largest absolute Gasteiger partial charge is 0.493 e. The second-order valence-corrected chi connectivity index (χ2v) is 6.91. The van der Waals surface area contributed by atoms with Crippen LogP contribution in [0.4, 0.5) is 4.79 Å². The summed E-state index contributed by atoms with van der Waals surface area (Å²) in [5.74, 6) is 2.11. The maximum Gasteiger partial charge on any atom is 0.315 e. The fourth-order valence-electron chi connectivity index (χ4n) is 3.11. The summed E-state index contributed by atoms with van der Waals surface area (Å²) in [5, 5.41) is 10.1. The van der Waals surface area contributed by atoms with Gasteiger partial charge in [-0.15, -0.1) is 0 Å². The maximum absolute atomic E-state index is 12.1. The van der Waals surface area contributed by atoms with Gasteiger partial charge in [-0.2, -0.15) is 5.10 Å². The molecule has 3 rings (SSSR count). The summed E-state index contributed by atoms with van der Waals surface area (Å²) in [5.41, 5.74) is 3.94. The van der Waals surface area contributed by atoms with Crippen LogP contribution in [0.25, 0.3) is 5.82 Å². The van der Waals surface area contributed by atoms with Crippen molar-refractivity contribution in [3.8, 4) is 17.3 Å². The van der Waals surface area contributed by atoms with Crippen molar-refractivity contribution in [2.75, 3.05) is 20.8 Å². The number of hydrogen-bond donors (Lipinski definition) is 2. The van der Waals surface area contributed by atoms with Crippen molar-refractivity contribution in [3.05, 3.63) is 65.1 Å². The van der Waals surface area contributed by atoms with E-state index in [1.807, 2.05) is 50.2 Å². The highest BCUT2D eigenvalue weighted by Crippen LogP contribution is 2.27. The molecule has 0 bridgehead atoms. The lowest BCUT2D eigenvalue weighted by Gasteiger charge is -2.11. The number of methoxy groups -OCH3 is 2. The predicted octanol–water partition coefficient (Wildman–Crippen LogP) is 2.94. The fourth-order valence-corrected chi connectivity index (χ4v) is 3.11. The molecule has 0 aliphatic rings. The molecule has 0 unspecified atom stereocenters. The maximum atomic E-state index is 12.1. The first kappa shape index (κ1) is 21.2. The van der Waals surface area contributed by atoms with Gasteiger partial charge in [0.1, 0.15) is 0 Å². The zero-order chi connectivity index (χ0) is 21.5. The number of ether oxygens (including phenoxy) is 2. The Balaban J connectivity index is 1.45. The minimum Gasteiger partial charge on any atom is -0.493 e. The van der Waals surface area contributed by atoms with Gasteiger partial charge in [-0.3, -0.25) is 0 Å². The molecule has 30 heavy (non-hydrogen) atoms. The van der Waals surface area contributed by atoms with Gasteiger partial charge in [-0.25, -0.2) is 14.5 Å². The van der Waals surface area contributed by atoms with Crippen molar-refractivity contribution in [1.82, 2.24) is 25.4 Å². The molecular weight excluding hydrogens is 382 g/mol. The first-order chi connectivity index (χ1) is 14.5. The van der Waals surface area contributed by atoms with Crippen LogP contribution in [0.3, 0.4) is 0 Å². The first-order valence-electron chi connectivity index (χ1n) is 9.71. The van der Waals surface area contributed by atoms with Gasteiger partial charge in [0.15, 0.2) is 17.3 Å². The quantitative estimate of drug-likeness (QED) is 0.597. The Morgan fingerprint density at radius 3 is 2.40 bits per heavy atom. The van der Waals surface area contributed by atoms with Crippen molar-refractivity contribution in [1.29, 1.82) is 0 Å². The van der Waals surface area contributed by atoms with E-state index in [-0.39, 0.29) is 6.03 Å². The third kappa shape index (κ3) is 5.28. The molecule has 2 heterocycles. The average Bonchev–Trinajstić information content (AvgIpc) is 3.10. The smallest absolute Gasteiger partial charge is 0.315 e. The molecular formula is C22H27N5O3. The number of nitrogens with zero attached hydrogens (tertiary/aromatic N) is 3. The number of nitrogens with one attached hydrogen (secondary N) is 2. The van der Waals surface area contributed by atoms with Crippen LogP contribution >= 0.6 is 0 Å². The first-order valence-corrected chi connectivity index (χ1v) is 9.71. The molecule has 1 aromatic carbocycles. The van der Waals surface area contributed by atoms with Gasteiger partial charge in [0.05, 0.1) is 19.9 Å². The Bertz CT molecular complexity index is 999. The summed E-state index contributed by atoms with van der Waals surface area (Å²) in [7, 11) is 3.21. The SMILES string of the molecule is COc1ccc(CCNC(=O)NCc2ccc(-n3nc(C)cc3C)nc2)cc1OC. The highest BCUT2D eigenvalue weighted by atomic mass is 16.5. The van der Waals surface area contributed by atoms with Gasteiger partial charge < -0.3 is 20.1 Å². The molecule has 2 amide bonds. The second-order valence-electron chi connectivity index (χ2n) is 6.91. The fraction of sp³-hybridized carbons (Fsp3) is 0.318. The Morgan fingerprint density at radius 1 is 1.00 bits per heavy atom. The molecule has 8 heteroatoms. The Morgan fingerprint density at radius 2 is 1.77 bits per heavy atom. The van der Waals surface area contributed by atoms with Crippen LogP contribution in [0.1, 0.15) is 22.5 Å². The summed E-state index contributed by atoms with van der Waals surface area (Å²) in [6, 6.07) is 11.3. The minimum absolute atomic E-state index is 0.224. The standard InChI is InChI=1S/C22H27N5O3/c1-15-11-16(2)27(26-15)21-8-6-18(13-24-21)14-25-22(28)23-10-9-17-5-7-19(29-3)20(12-17)30-4/h5-8,11-13H,9-10,14H2,1-4H3,(H2,23,25,28). The number of rotatable bonds is 8. The normalized spacial score (nSPS) is 10.5. The molecule has 0 saturated carbocycles. The van der Waals surface area contributed by atoms with E-state index in [4.69, 9.17) is 9.47 Å². The third-order valence-electron chi connectivity index (χ3n) is 4.64. The molecule has 0 radical (unpaired) electrons. The minimum atomic E-state index is -0.224. The molecule has 0 fully saturated rings. The highest BCUT2D eigenvalue weighted by molar-refractivity contribution is 5.73. The number of pyridine rings is 1.